The molecule has 4 unspecified atom stereocenters. The van der Waals surface area contributed by atoms with E-state index in [1.165, 1.54) is 19.3 Å². The summed E-state index contributed by atoms with van der Waals surface area (Å²) in [5, 5.41) is 6.67. The number of hydrogen-bond acceptors (Lipinski definition) is 5. The number of H-pyrrole nitrogens is 1. The van der Waals surface area contributed by atoms with Crippen molar-refractivity contribution in [3.8, 4) is 0 Å². The summed E-state index contributed by atoms with van der Waals surface area (Å²) in [5.41, 5.74) is 1.64. The lowest BCUT2D eigenvalue weighted by Gasteiger charge is -2.12. The highest BCUT2D eigenvalue weighted by molar-refractivity contribution is 5.84. The molecule has 0 saturated heterocycles. The van der Waals surface area contributed by atoms with Crippen LogP contribution in [0, 0.1) is 23.7 Å². The van der Waals surface area contributed by atoms with Crippen LogP contribution in [0.4, 0.5) is 11.8 Å². The summed E-state index contributed by atoms with van der Waals surface area (Å²) in [6.45, 7) is 0. The lowest BCUT2D eigenvalue weighted by atomic mass is 10.0. The smallest absolute Gasteiger partial charge is 0.226 e. The molecule has 0 aromatic carbocycles. The molecule has 3 N–H and O–H groups in total. The van der Waals surface area contributed by atoms with Crippen molar-refractivity contribution in [1.29, 1.82) is 0 Å². The van der Waals surface area contributed by atoms with Gasteiger partial charge in [-0.3, -0.25) is 0 Å². The van der Waals surface area contributed by atoms with Gasteiger partial charge in [0.1, 0.15) is 5.52 Å². The molecule has 3 saturated carbocycles. The van der Waals surface area contributed by atoms with Crippen LogP contribution in [-0.4, -0.2) is 33.0 Å². The average Bonchev–Trinajstić information content (AvgIpc) is 2.92. The van der Waals surface area contributed by atoms with Crippen molar-refractivity contribution in [3.05, 3.63) is 6.33 Å². The Morgan fingerprint density at radius 1 is 1.20 bits per heavy atom. The molecule has 4 atom stereocenters. The van der Waals surface area contributed by atoms with Gasteiger partial charge in [0.2, 0.25) is 5.95 Å². The molecular weight excluding hydrogens is 252 g/mol. The van der Waals surface area contributed by atoms with Gasteiger partial charge in [0.15, 0.2) is 11.5 Å². The molecule has 104 valence electrons. The first-order valence-corrected chi connectivity index (χ1v) is 7.50. The lowest BCUT2D eigenvalue weighted by molar-refractivity contribution is 0.456. The molecule has 3 aliphatic rings. The largest absolute Gasteiger partial charge is 0.365 e. The fraction of sp³-hybridized carbons (Fsp3) is 0.643. The second-order valence-electron chi connectivity index (χ2n) is 6.40. The molecule has 0 amide bonds. The highest BCUT2D eigenvalue weighted by atomic mass is 15.2. The molecule has 6 heteroatoms. The minimum absolute atomic E-state index is 0.618. The predicted molar refractivity (Wildman–Crippen MR) is 76.5 cm³/mol. The number of nitrogens with one attached hydrogen (secondary N) is 3. The van der Waals surface area contributed by atoms with Gasteiger partial charge in [-0.2, -0.15) is 9.97 Å². The van der Waals surface area contributed by atoms with Crippen molar-refractivity contribution in [2.45, 2.75) is 25.3 Å². The molecule has 2 aromatic heterocycles. The topological polar surface area (TPSA) is 78.5 Å². The summed E-state index contributed by atoms with van der Waals surface area (Å²) in [4.78, 5) is 16.3. The van der Waals surface area contributed by atoms with E-state index in [1.807, 2.05) is 7.05 Å². The SMILES string of the molecule is CNc1nc(NC2C3C4CCC(C4)C23)c2[nH]cnc2n1. The second-order valence-corrected chi connectivity index (χ2v) is 6.40. The highest BCUT2D eigenvalue weighted by Gasteiger charge is 2.65. The number of hydrogen-bond donors (Lipinski definition) is 3. The first-order chi connectivity index (χ1) is 9.85. The van der Waals surface area contributed by atoms with Gasteiger partial charge in [-0.15, -0.1) is 0 Å². The van der Waals surface area contributed by atoms with Gasteiger partial charge in [-0.25, -0.2) is 4.98 Å². The standard InChI is InChI=1S/C14H18N6/c1-15-14-19-12-11(16-5-17-12)13(20-14)18-10-8-6-2-3-7(4-6)9(8)10/h5-10H,2-4H2,1H3,(H3,15,16,17,18,19,20). The van der Waals surface area contributed by atoms with Gasteiger partial charge in [0.05, 0.1) is 6.33 Å². The van der Waals surface area contributed by atoms with E-state index >= 15 is 0 Å². The van der Waals surface area contributed by atoms with Crippen LogP contribution in [0.2, 0.25) is 0 Å². The minimum Gasteiger partial charge on any atom is -0.365 e. The summed E-state index contributed by atoms with van der Waals surface area (Å²) in [6, 6.07) is 0.618. The van der Waals surface area contributed by atoms with Crippen molar-refractivity contribution in [3.63, 3.8) is 0 Å². The number of fused-ring (bicyclic) bond motifs is 6. The summed E-state index contributed by atoms with van der Waals surface area (Å²) >= 11 is 0. The zero-order valence-corrected chi connectivity index (χ0v) is 11.4. The maximum absolute atomic E-state index is 4.56. The molecule has 2 heterocycles. The zero-order chi connectivity index (χ0) is 13.3. The third kappa shape index (κ3) is 1.31. The van der Waals surface area contributed by atoms with Crippen LogP contribution in [0.25, 0.3) is 11.2 Å². The van der Waals surface area contributed by atoms with E-state index < -0.39 is 0 Å². The highest BCUT2D eigenvalue weighted by Crippen LogP contribution is 2.66. The van der Waals surface area contributed by atoms with E-state index in [1.54, 1.807) is 6.33 Å². The maximum atomic E-state index is 4.56. The monoisotopic (exact) mass is 270 g/mol. The Kier molecular flexibility index (Phi) is 1.97. The molecule has 3 aliphatic carbocycles. The normalized spacial score (nSPS) is 37.1. The van der Waals surface area contributed by atoms with Gasteiger partial charge in [-0.1, -0.05) is 0 Å². The molecular formula is C14H18N6. The zero-order valence-electron chi connectivity index (χ0n) is 11.4. The summed E-state index contributed by atoms with van der Waals surface area (Å²) in [6.07, 6.45) is 6.03. The fourth-order valence-corrected chi connectivity index (χ4v) is 4.73. The van der Waals surface area contributed by atoms with Crippen LogP contribution in [0.15, 0.2) is 6.33 Å². The van der Waals surface area contributed by atoms with E-state index in [4.69, 9.17) is 0 Å². The first kappa shape index (κ1) is 10.9. The minimum atomic E-state index is 0.618. The van der Waals surface area contributed by atoms with Crippen LogP contribution >= 0.6 is 0 Å². The van der Waals surface area contributed by atoms with Crippen LogP contribution < -0.4 is 10.6 Å². The van der Waals surface area contributed by atoms with Gasteiger partial charge in [-0.05, 0) is 42.9 Å². The van der Waals surface area contributed by atoms with E-state index in [2.05, 4.69) is 30.6 Å². The maximum Gasteiger partial charge on any atom is 0.226 e. The number of aromatic nitrogens is 4. The van der Waals surface area contributed by atoms with Crippen molar-refractivity contribution >= 4 is 22.9 Å². The third-order valence-electron chi connectivity index (χ3n) is 5.55. The lowest BCUT2D eigenvalue weighted by Crippen LogP contribution is -2.14. The van der Waals surface area contributed by atoms with E-state index in [9.17, 15) is 0 Å². The number of imidazole rings is 1. The Morgan fingerprint density at radius 3 is 2.75 bits per heavy atom. The molecule has 5 rings (SSSR count). The molecule has 3 fully saturated rings. The van der Waals surface area contributed by atoms with Crippen LogP contribution in [0.5, 0.6) is 0 Å². The quantitative estimate of drug-likeness (QED) is 0.793. The molecule has 0 aliphatic heterocycles. The first-order valence-electron chi connectivity index (χ1n) is 7.50. The molecule has 2 bridgehead atoms. The van der Waals surface area contributed by atoms with Crippen LogP contribution in [-0.2, 0) is 0 Å². The van der Waals surface area contributed by atoms with E-state index in [-0.39, 0.29) is 0 Å². The predicted octanol–water partition coefficient (Wildman–Crippen LogP) is 1.85. The van der Waals surface area contributed by atoms with Crippen molar-refractivity contribution in [1.82, 2.24) is 19.9 Å². The second kappa shape index (κ2) is 3.62. The average molecular weight is 270 g/mol. The summed E-state index contributed by atoms with van der Waals surface area (Å²) < 4.78 is 0. The van der Waals surface area contributed by atoms with Crippen molar-refractivity contribution in [2.24, 2.45) is 23.7 Å². The van der Waals surface area contributed by atoms with Crippen LogP contribution in [0.1, 0.15) is 19.3 Å². The van der Waals surface area contributed by atoms with Gasteiger partial charge >= 0.3 is 0 Å². The molecule has 0 spiro atoms. The fourth-order valence-electron chi connectivity index (χ4n) is 4.73. The third-order valence-corrected chi connectivity index (χ3v) is 5.55. The van der Waals surface area contributed by atoms with Gasteiger partial charge in [0.25, 0.3) is 0 Å². The summed E-state index contributed by atoms with van der Waals surface area (Å²) in [7, 11) is 1.84. The van der Waals surface area contributed by atoms with Crippen molar-refractivity contribution < 1.29 is 0 Å². The van der Waals surface area contributed by atoms with Gasteiger partial charge < -0.3 is 15.6 Å². The molecule has 0 radical (unpaired) electrons. The number of anilines is 2. The summed E-state index contributed by atoms with van der Waals surface area (Å²) in [5.74, 6) is 5.23. The van der Waals surface area contributed by atoms with Crippen LogP contribution in [0.3, 0.4) is 0 Å². The molecule has 2 aromatic rings. The Bertz CT molecular complexity index is 663. The van der Waals surface area contributed by atoms with E-state index in [0.29, 0.717) is 12.0 Å². The Morgan fingerprint density at radius 2 is 2.00 bits per heavy atom. The van der Waals surface area contributed by atoms with E-state index in [0.717, 1.165) is 40.7 Å². The number of rotatable bonds is 3. The number of aromatic amines is 1. The van der Waals surface area contributed by atoms with Gasteiger partial charge in [0, 0.05) is 13.1 Å². The Labute approximate surface area is 116 Å². The Balaban J connectivity index is 1.48. The number of nitrogens with zero attached hydrogens (tertiary/aromatic N) is 3. The molecule has 20 heavy (non-hydrogen) atoms. The Hall–Kier alpha value is -1.85. The molecule has 6 nitrogen and oxygen atoms in total. The van der Waals surface area contributed by atoms with Crippen molar-refractivity contribution in [2.75, 3.05) is 17.7 Å².